The molecule has 3 nitrogen and oxygen atoms in total. The number of nitrogens with zero attached hydrogens (tertiary/aromatic N) is 1. The number of halogens is 1. The van der Waals surface area contributed by atoms with Gasteiger partial charge in [-0.1, -0.05) is 29.8 Å². The van der Waals surface area contributed by atoms with Crippen molar-refractivity contribution in [2.75, 3.05) is 0 Å². The molecule has 1 aromatic rings. The van der Waals surface area contributed by atoms with Gasteiger partial charge >= 0.3 is 0 Å². The van der Waals surface area contributed by atoms with Gasteiger partial charge in [0.25, 0.3) is 0 Å². The Bertz CT molecular complexity index is 556. The first-order valence-corrected chi connectivity index (χ1v) is 6.55. The molecule has 0 radical (unpaired) electrons. The van der Waals surface area contributed by atoms with Crippen molar-refractivity contribution in [3.05, 3.63) is 45.4 Å². The van der Waals surface area contributed by atoms with Crippen LogP contribution in [0.4, 0.5) is 0 Å². The molecule has 1 aromatic carbocycles. The third-order valence-corrected chi connectivity index (χ3v) is 5.05. The summed E-state index contributed by atoms with van der Waals surface area (Å²) in [4.78, 5) is 3.89. The molecule has 0 saturated heterocycles. The van der Waals surface area contributed by atoms with Gasteiger partial charge in [0.2, 0.25) is 9.84 Å². The Morgan fingerprint density at radius 1 is 1.20 bits per heavy atom. The fourth-order valence-electron chi connectivity index (χ4n) is 1.27. The maximum atomic E-state index is 11.7. The first kappa shape index (κ1) is 10.6. The summed E-state index contributed by atoms with van der Waals surface area (Å²) in [5, 5.41) is 0.106. The van der Waals surface area contributed by atoms with Crippen molar-refractivity contribution in [2.24, 2.45) is 4.99 Å². The number of aryl methyl sites for hydroxylation is 1. The van der Waals surface area contributed by atoms with E-state index in [0.29, 0.717) is 5.56 Å². The van der Waals surface area contributed by atoms with E-state index < -0.39 is 9.84 Å². The average Bonchev–Trinajstić information content (AvgIpc) is 2.44. The lowest BCUT2D eigenvalue weighted by molar-refractivity contribution is 0.615. The first-order chi connectivity index (χ1) is 7.01. The van der Waals surface area contributed by atoms with E-state index in [9.17, 15) is 8.42 Å². The topological polar surface area (TPSA) is 46.5 Å². The van der Waals surface area contributed by atoms with Gasteiger partial charge in [-0.05, 0) is 22.9 Å². The molecule has 0 N–H and O–H groups in total. The number of rotatable bonds is 1. The molecule has 0 bridgehead atoms. The normalized spacial score (nSPS) is 18.5. The lowest BCUT2D eigenvalue weighted by atomic mass is 10.2. The summed E-state index contributed by atoms with van der Waals surface area (Å²) >= 11 is 2.97. The highest BCUT2D eigenvalue weighted by molar-refractivity contribution is 9.14. The van der Waals surface area contributed by atoms with E-state index in [1.54, 1.807) is 12.1 Å². The van der Waals surface area contributed by atoms with Crippen LogP contribution < -0.4 is 0 Å². The van der Waals surface area contributed by atoms with Gasteiger partial charge in [-0.15, -0.1) is 0 Å². The molecule has 0 atom stereocenters. The molecular weight excluding hydrogens is 278 g/mol. The van der Waals surface area contributed by atoms with E-state index in [4.69, 9.17) is 0 Å². The van der Waals surface area contributed by atoms with Crippen molar-refractivity contribution in [1.82, 2.24) is 0 Å². The summed E-state index contributed by atoms with van der Waals surface area (Å²) in [5.74, 6) is 0. The van der Waals surface area contributed by atoms with Crippen LogP contribution in [0.1, 0.15) is 11.1 Å². The zero-order chi connectivity index (χ0) is 11.1. The van der Waals surface area contributed by atoms with Gasteiger partial charge in [0.15, 0.2) is 5.04 Å². The van der Waals surface area contributed by atoms with Crippen LogP contribution in [0.2, 0.25) is 0 Å². The Balaban J connectivity index is 2.49. The molecule has 0 unspecified atom stereocenters. The second-order valence-electron chi connectivity index (χ2n) is 3.24. The minimum atomic E-state index is -3.40. The summed E-state index contributed by atoms with van der Waals surface area (Å²) in [5.41, 5.74) is 1.70. The Morgan fingerprint density at radius 3 is 2.27 bits per heavy atom. The maximum absolute atomic E-state index is 11.7. The molecule has 1 aliphatic rings. The van der Waals surface area contributed by atoms with Crippen LogP contribution in [0.3, 0.4) is 0 Å². The third-order valence-electron chi connectivity index (χ3n) is 2.09. The van der Waals surface area contributed by atoms with Crippen LogP contribution >= 0.6 is 15.9 Å². The molecule has 78 valence electrons. The van der Waals surface area contributed by atoms with Gasteiger partial charge in [0, 0.05) is 5.56 Å². The Hall–Kier alpha value is -0.940. The van der Waals surface area contributed by atoms with Crippen molar-refractivity contribution < 1.29 is 8.42 Å². The second-order valence-corrected chi connectivity index (χ2v) is 6.45. The Labute approximate surface area is 96.6 Å². The maximum Gasteiger partial charge on any atom is 0.232 e. The van der Waals surface area contributed by atoms with Gasteiger partial charge < -0.3 is 0 Å². The number of benzene rings is 1. The number of sulfone groups is 1. The lowest BCUT2D eigenvalue weighted by Gasteiger charge is -2.01. The summed E-state index contributed by atoms with van der Waals surface area (Å²) < 4.78 is 23.6. The summed E-state index contributed by atoms with van der Waals surface area (Å²) in [6.07, 6.45) is 1.31. The van der Waals surface area contributed by atoms with Crippen molar-refractivity contribution in [3.8, 4) is 0 Å². The quantitative estimate of drug-likeness (QED) is 0.795. The molecule has 15 heavy (non-hydrogen) atoms. The van der Waals surface area contributed by atoms with Crippen LogP contribution in [0.5, 0.6) is 0 Å². The zero-order valence-corrected chi connectivity index (χ0v) is 10.3. The standard InChI is InChI=1S/C10H8BrNO2S/c1-7-2-4-8(5-3-7)10-12-6-9(11)15(10,13)14/h2-6H,1H3. The summed E-state index contributed by atoms with van der Waals surface area (Å²) in [6.45, 7) is 1.95. The largest absolute Gasteiger partial charge is 0.242 e. The van der Waals surface area contributed by atoms with E-state index in [-0.39, 0.29) is 8.86 Å². The van der Waals surface area contributed by atoms with Crippen LogP contribution in [0.25, 0.3) is 0 Å². The van der Waals surface area contributed by atoms with E-state index in [1.165, 1.54) is 6.20 Å². The van der Waals surface area contributed by atoms with Crippen LogP contribution in [0.15, 0.2) is 39.3 Å². The SMILES string of the molecule is Cc1ccc(C2=NC=C(Br)S2(=O)=O)cc1. The van der Waals surface area contributed by atoms with Gasteiger partial charge in [-0.25, -0.2) is 13.4 Å². The van der Waals surface area contributed by atoms with E-state index in [2.05, 4.69) is 20.9 Å². The molecule has 0 aliphatic carbocycles. The Kier molecular flexibility index (Phi) is 2.52. The van der Waals surface area contributed by atoms with Crippen molar-refractivity contribution in [3.63, 3.8) is 0 Å². The highest BCUT2D eigenvalue weighted by atomic mass is 79.9. The van der Waals surface area contributed by atoms with E-state index >= 15 is 0 Å². The van der Waals surface area contributed by atoms with Crippen LogP contribution in [-0.2, 0) is 9.84 Å². The molecule has 1 aliphatic heterocycles. The van der Waals surface area contributed by atoms with Crippen molar-refractivity contribution in [1.29, 1.82) is 0 Å². The molecule has 0 spiro atoms. The minimum Gasteiger partial charge on any atom is -0.242 e. The highest BCUT2D eigenvalue weighted by Gasteiger charge is 2.28. The Morgan fingerprint density at radius 2 is 1.80 bits per heavy atom. The van der Waals surface area contributed by atoms with Crippen LogP contribution in [-0.4, -0.2) is 13.5 Å². The molecule has 2 rings (SSSR count). The zero-order valence-electron chi connectivity index (χ0n) is 7.94. The lowest BCUT2D eigenvalue weighted by Crippen LogP contribution is -2.12. The first-order valence-electron chi connectivity index (χ1n) is 4.27. The van der Waals surface area contributed by atoms with Gasteiger partial charge in [0.05, 0.1) is 6.20 Å². The van der Waals surface area contributed by atoms with Crippen LogP contribution in [0, 0.1) is 6.92 Å². The number of hydrogen-bond acceptors (Lipinski definition) is 3. The fraction of sp³-hybridized carbons (Fsp3) is 0.100. The average molecular weight is 286 g/mol. The monoisotopic (exact) mass is 285 g/mol. The molecule has 0 fully saturated rings. The number of aliphatic imine (C=N–C) groups is 1. The van der Waals surface area contributed by atoms with Gasteiger partial charge in [-0.2, -0.15) is 0 Å². The molecule has 5 heteroatoms. The van der Waals surface area contributed by atoms with Crippen molar-refractivity contribution >= 4 is 30.8 Å². The number of hydrogen-bond donors (Lipinski definition) is 0. The highest BCUT2D eigenvalue weighted by Crippen LogP contribution is 2.26. The second kappa shape index (κ2) is 3.57. The predicted octanol–water partition coefficient (Wildman–Crippen LogP) is 2.36. The molecule has 0 aromatic heterocycles. The minimum absolute atomic E-state index is 0.106. The molecular formula is C10H8BrNO2S. The smallest absolute Gasteiger partial charge is 0.232 e. The summed E-state index contributed by atoms with van der Waals surface area (Å²) in [7, 11) is -3.40. The van der Waals surface area contributed by atoms with Gasteiger partial charge in [-0.3, -0.25) is 0 Å². The summed E-state index contributed by atoms with van der Waals surface area (Å²) in [6, 6.07) is 7.23. The predicted molar refractivity (Wildman–Crippen MR) is 63.6 cm³/mol. The fourth-order valence-corrected chi connectivity index (χ4v) is 2.84. The van der Waals surface area contributed by atoms with Crippen molar-refractivity contribution in [2.45, 2.75) is 6.92 Å². The molecule has 0 amide bonds. The molecule has 1 heterocycles. The molecule has 0 saturated carbocycles. The van der Waals surface area contributed by atoms with Gasteiger partial charge in [0.1, 0.15) is 3.81 Å². The van der Waals surface area contributed by atoms with E-state index in [0.717, 1.165) is 5.56 Å². The third kappa shape index (κ3) is 1.77. The van der Waals surface area contributed by atoms with E-state index in [1.807, 2.05) is 19.1 Å².